The van der Waals surface area contributed by atoms with E-state index in [9.17, 15) is 4.79 Å². The van der Waals surface area contributed by atoms with E-state index in [-0.39, 0.29) is 6.42 Å². The van der Waals surface area contributed by atoms with Gasteiger partial charge in [-0.15, -0.1) is 0 Å². The first-order valence-corrected chi connectivity index (χ1v) is 4.79. The van der Waals surface area contributed by atoms with E-state index in [0.29, 0.717) is 18.6 Å². The first-order valence-electron chi connectivity index (χ1n) is 4.79. The molecule has 0 spiro atoms. The molecule has 76 valence electrons. The molecule has 1 aliphatic heterocycles. The number of nitrogens with one attached hydrogen (secondary N) is 1. The van der Waals surface area contributed by atoms with Crippen LogP contribution in [0, 0.1) is 0 Å². The molecule has 4 nitrogen and oxygen atoms in total. The van der Waals surface area contributed by atoms with Gasteiger partial charge in [0.25, 0.3) is 0 Å². The molecule has 0 saturated carbocycles. The lowest BCUT2D eigenvalue weighted by atomic mass is 10.1. The molecule has 0 aromatic heterocycles. The lowest BCUT2D eigenvalue weighted by Gasteiger charge is -2.39. The second-order valence-corrected chi connectivity index (χ2v) is 3.74. The molecule has 1 saturated heterocycles. The standard InChI is InChI=1S/C9H18N2O2/c1-7-5-10-6-8(2)11(7)4-3-9(12)13/h7-8,10H,3-6H2,1-2H3,(H,12,13). The lowest BCUT2D eigenvalue weighted by Crippen LogP contribution is -2.55. The fourth-order valence-electron chi connectivity index (χ4n) is 1.84. The van der Waals surface area contributed by atoms with Crippen LogP contribution in [0.2, 0.25) is 0 Å². The van der Waals surface area contributed by atoms with Gasteiger partial charge in [0.15, 0.2) is 0 Å². The molecule has 4 heteroatoms. The molecule has 0 amide bonds. The Morgan fingerprint density at radius 3 is 2.46 bits per heavy atom. The maximum absolute atomic E-state index is 10.4. The Bertz CT molecular complexity index is 174. The highest BCUT2D eigenvalue weighted by Crippen LogP contribution is 2.09. The third kappa shape index (κ3) is 2.97. The third-order valence-electron chi connectivity index (χ3n) is 2.60. The normalized spacial score (nSPS) is 30.3. The van der Waals surface area contributed by atoms with Crippen LogP contribution in [-0.4, -0.2) is 47.7 Å². The number of rotatable bonds is 3. The fraction of sp³-hybridized carbons (Fsp3) is 0.889. The summed E-state index contributed by atoms with van der Waals surface area (Å²) in [5.41, 5.74) is 0. The van der Waals surface area contributed by atoms with Gasteiger partial charge in [0, 0.05) is 31.7 Å². The van der Waals surface area contributed by atoms with Crippen molar-refractivity contribution in [2.24, 2.45) is 0 Å². The number of hydrogen-bond donors (Lipinski definition) is 2. The maximum Gasteiger partial charge on any atom is 0.304 e. The Kier molecular flexibility index (Phi) is 3.69. The summed E-state index contributed by atoms with van der Waals surface area (Å²) in [6, 6.07) is 0.895. The van der Waals surface area contributed by atoms with Crippen LogP contribution in [0.5, 0.6) is 0 Å². The zero-order valence-corrected chi connectivity index (χ0v) is 8.29. The van der Waals surface area contributed by atoms with Crippen LogP contribution < -0.4 is 5.32 Å². The van der Waals surface area contributed by atoms with Gasteiger partial charge in [-0.2, -0.15) is 0 Å². The van der Waals surface area contributed by atoms with Crippen LogP contribution >= 0.6 is 0 Å². The van der Waals surface area contributed by atoms with Gasteiger partial charge in [-0.25, -0.2) is 0 Å². The largest absolute Gasteiger partial charge is 0.481 e. The highest BCUT2D eigenvalue weighted by atomic mass is 16.4. The zero-order valence-electron chi connectivity index (χ0n) is 8.29. The van der Waals surface area contributed by atoms with Crippen molar-refractivity contribution in [2.45, 2.75) is 32.4 Å². The van der Waals surface area contributed by atoms with E-state index in [4.69, 9.17) is 5.11 Å². The first kappa shape index (κ1) is 10.5. The summed E-state index contributed by atoms with van der Waals surface area (Å²) in [7, 11) is 0. The number of nitrogens with zero attached hydrogens (tertiary/aromatic N) is 1. The molecule has 2 unspecified atom stereocenters. The lowest BCUT2D eigenvalue weighted by molar-refractivity contribution is -0.137. The van der Waals surface area contributed by atoms with Crippen LogP contribution in [0.1, 0.15) is 20.3 Å². The summed E-state index contributed by atoms with van der Waals surface area (Å²) in [4.78, 5) is 12.7. The quantitative estimate of drug-likeness (QED) is 0.658. The molecule has 0 radical (unpaired) electrons. The number of carboxylic acid groups (broad SMARTS) is 1. The van der Waals surface area contributed by atoms with E-state index in [1.807, 2.05) is 0 Å². The van der Waals surface area contributed by atoms with Gasteiger partial charge < -0.3 is 10.4 Å². The Hall–Kier alpha value is -0.610. The van der Waals surface area contributed by atoms with E-state index in [0.717, 1.165) is 13.1 Å². The minimum atomic E-state index is -0.710. The van der Waals surface area contributed by atoms with Crippen LogP contribution in [0.25, 0.3) is 0 Å². The Morgan fingerprint density at radius 1 is 1.46 bits per heavy atom. The molecule has 1 fully saturated rings. The van der Waals surface area contributed by atoms with Crippen molar-refractivity contribution >= 4 is 5.97 Å². The Morgan fingerprint density at radius 2 is 2.00 bits per heavy atom. The van der Waals surface area contributed by atoms with Gasteiger partial charge in [0.1, 0.15) is 0 Å². The molecule has 0 bridgehead atoms. The van der Waals surface area contributed by atoms with Gasteiger partial charge in [-0.3, -0.25) is 9.69 Å². The predicted octanol–water partition coefficient (Wildman–Crippen LogP) is 0.143. The van der Waals surface area contributed by atoms with Crippen molar-refractivity contribution in [1.82, 2.24) is 10.2 Å². The van der Waals surface area contributed by atoms with E-state index in [1.165, 1.54) is 0 Å². The summed E-state index contributed by atoms with van der Waals surface area (Å²) in [6.07, 6.45) is 0.245. The van der Waals surface area contributed by atoms with E-state index in [2.05, 4.69) is 24.1 Å². The average Bonchev–Trinajstić information content (AvgIpc) is 2.03. The molecular weight excluding hydrogens is 168 g/mol. The van der Waals surface area contributed by atoms with Crippen LogP contribution in [0.4, 0.5) is 0 Å². The van der Waals surface area contributed by atoms with Gasteiger partial charge >= 0.3 is 5.97 Å². The van der Waals surface area contributed by atoms with Crippen molar-refractivity contribution in [3.05, 3.63) is 0 Å². The summed E-state index contributed by atoms with van der Waals surface area (Å²) in [5.74, 6) is -0.710. The van der Waals surface area contributed by atoms with Crippen molar-refractivity contribution in [3.8, 4) is 0 Å². The van der Waals surface area contributed by atoms with E-state index < -0.39 is 5.97 Å². The van der Waals surface area contributed by atoms with Crippen LogP contribution in [0.15, 0.2) is 0 Å². The highest BCUT2D eigenvalue weighted by molar-refractivity contribution is 5.66. The summed E-state index contributed by atoms with van der Waals surface area (Å²) in [6.45, 7) is 6.85. The molecule has 2 N–H and O–H groups in total. The van der Waals surface area contributed by atoms with Crippen LogP contribution in [-0.2, 0) is 4.79 Å². The van der Waals surface area contributed by atoms with Crippen LogP contribution in [0.3, 0.4) is 0 Å². The molecule has 0 aliphatic carbocycles. The summed E-state index contributed by atoms with van der Waals surface area (Å²) in [5, 5.41) is 11.9. The Labute approximate surface area is 78.9 Å². The summed E-state index contributed by atoms with van der Waals surface area (Å²) < 4.78 is 0. The molecule has 2 atom stereocenters. The molecule has 13 heavy (non-hydrogen) atoms. The second kappa shape index (κ2) is 4.58. The monoisotopic (exact) mass is 186 g/mol. The number of hydrogen-bond acceptors (Lipinski definition) is 3. The second-order valence-electron chi connectivity index (χ2n) is 3.74. The molecular formula is C9H18N2O2. The van der Waals surface area contributed by atoms with Gasteiger partial charge in [0.2, 0.25) is 0 Å². The van der Waals surface area contributed by atoms with Gasteiger partial charge in [-0.1, -0.05) is 0 Å². The number of carboxylic acids is 1. The SMILES string of the molecule is CC1CNCC(C)N1CCC(=O)O. The molecule has 0 aromatic rings. The third-order valence-corrected chi connectivity index (χ3v) is 2.60. The molecule has 1 heterocycles. The van der Waals surface area contributed by atoms with Crippen molar-refractivity contribution in [1.29, 1.82) is 0 Å². The number of piperazine rings is 1. The van der Waals surface area contributed by atoms with Crippen molar-refractivity contribution in [3.63, 3.8) is 0 Å². The van der Waals surface area contributed by atoms with E-state index >= 15 is 0 Å². The minimum absolute atomic E-state index is 0.245. The smallest absolute Gasteiger partial charge is 0.304 e. The van der Waals surface area contributed by atoms with Gasteiger partial charge in [-0.05, 0) is 13.8 Å². The van der Waals surface area contributed by atoms with Crippen molar-refractivity contribution in [2.75, 3.05) is 19.6 Å². The maximum atomic E-state index is 10.4. The molecule has 0 aromatic carbocycles. The average molecular weight is 186 g/mol. The topological polar surface area (TPSA) is 52.6 Å². The molecule has 1 aliphatic rings. The van der Waals surface area contributed by atoms with E-state index in [1.54, 1.807) is 0 Å². The predicted molar refractivity (Wildman–Crippen MR) is 50.8 cm³/mol. The zero-order chi connectivity index (χ0) is 9.84. The van der Waals surface area contributed by atoms with Crippen molar-refractivity contribution < 1.29 is 9.90 Å². The summed E-state index contributed by atoms with van der Waals surface area (Å²) >= 11 is 0. The fourth-order valence-corrected chi connectivity index (χ4v) is 1.84. The Balaban J connectivity index is 2.39. The number of aliphatic carboxylic acids is 1. The number of carbonyl (C=O) groups is 1. The molecule has 1 rings (SSSR count). The minimum Gasteiger partial charge on any atom is -0.481 e. The first-order chi connectivity index (χ1) is 6.11. The van der Waals surface area contributed by atoms with Gasteiger partial charge in [0.05, 0.1) is 6.42 Å². The highest BCUT2D eigenvalue weighted by Gasteiger charge is 2.24.